The second kappa shape index (κ2) is 9.91. The van der Waals surface area contributed by atoms with Crippen LogP contribution in [0, 0.1) is 5.41 Å². The molecule has 0 radical (unpaired) electrons. The number of aliphatic hydroxyl groups excluding tert-OH is 1. The van der Waals surface area contributed by atoms with E-state index in [2.05, 4.69) is 38.1 Å². The molecule has 0 heterocycles. The summed E-state index contributed by atoms with van der Waals surface area (Å²) in [6, 6.07) is 9.16. The lowest BCUT2D eigenvalue weighted by molar-refractivity contribution is -0.158. The Morgan fingerprint density at radius 2 is 1.71 bits per heavy atom. The highest BCUT2D eigenvalue weighted by Gasteiger charge is 2.38. The van der Waals surface area contributed by atoms with Gasteiger partial charge in [-0.1, -0.05) is 64.3 Å². The average Bonchev–Trinajstić information content (AvgIpc) is 2.72. The van der Waals surface area contributed by atoms with Gasteiger partial charge in [0.25, 0.3) is 0 Å². The first kappa shape index (κ1) is 22.9. The van der Waals surface area contributed by atoms with E-state index >= 15 is 0 Å². The lowest BCUT2D eigenvalue weighted by Crippen LogP contribution is -2.36. The predicted molar refractivity (Wildman–Crippen MR) is 116 cm³/mol. The van der Waals surface area contributed by atoms with Crippen molar-refractivity contribution < 1.29 is 14.6 Å². The molecule has 2 rings (SSSR count). The van der Waals surface area contributed by atoms with E-state index in [4.69, 9.17) is 4.74 Å². The van der Waals surface area contributed by atoms with Crippen LogP contribution in [0.2, 0.25) is 0 Å². The molecule has 3 nitrogen and oxygen atoms in total. The molecule has 0 amide bonds. The van der Waals surface area contributed by atoms with Crippen molar-refractivity contribution in [3.8, 4) is 0 Å². The van der Waals surface area contributed by atoms with Gasteiger partial charge < -0.3 is 9.84 Å². The van der Waals surface area contributed by atoms with Crippen molar-refractivity contribution in [3.63, 3.8) is 0 Å². The summed E-state index contributed by atoms with van der Waals surface area (Å²) < 4.78 is 5.40. The zero-order valence-corrected chi connectivity index (χ0v) is 18.6. The third-order valence-electron chi connectivity index (χ3n) is 6.73. The molecular formula is C25H40O3. The molecule has 1 aliphatic rings. The number of rotatable bonds is 9. The van der Waals surface area contributed by atoms with Crippen LogP contribution in [0.5, 0.6) is 0 Å². The number of aliphatic hydroxyl groups is 1. The molecule has 2 unspecified atom stereocenters. The summed E-state index contributed by atoms with van der Waals surface area (Å²) in [7, 11) is 0. The molecule has 2 atom stereocenters. The molecular weight excluding hydrogens is 348 g/mol. The Hall–Kier alpha value is -1.35. The Morgan fingerprint density at radius 3 is 2.25 bits per heavy atom. The molecule has 1 fully saturated rings. The highest BCUT2D eigenvalue weighted by molar-refractivity contribution is 5.76. The normalized spacial score (nSPS) is 19.1. The standard InChI is InChI=1S/C25H40O3/c1-6-22(26)17-28-23(27)24(3,4)18-25(5,7-2)21-15-13-20(14-16-21)19-11-9-8-10-12-19/h13-16,19,22,26H,6-12,17-18H2,1-5H3. The Labute approximate surface area is 171 Å². The molecule has 1 saturated carbocycles. The molecule has 0 bridgehead atoms. The molecule has 0 aliphatic heterocycles. The minimum absolute atomic E-state index is 0.0810. The van der Waals surface area contributed by atoms with Crippen molar-refractivity contribution in [1.82, 2.24) is 0 Å². The van der Waals surface area contributed by atoms with Crippen LogP contribution in [0.1, 0.15) is 103 Å². The van der Waals surface area contributed by atoms with E-state index in [1.165, 1.54) is 43.2 Å². The van der Waals surface area contributed by atoms with Crippen molar-refractivity contribution in [2.75, 3.05) is 6.61 Å². The van der Waals surface area contributed by atoms with E-state index in [1.54, 1.807) is 0 Å². The maximum absolute atomic E-state index is 12.6. The van der Waals surface area contributed by atoms with E-state index < -0.39 is 11.5 Å². The van der Waals surface area contributed by atoms with Crippen molar-refractivity contribution in [1.29, 1.82) is 0 Å². The first-order chi connectivity index (χ1) is 13.2. The fraction of sp³-hybridized carbons (Fsp3) is 0.720. The third-order valence-corrected chi connectivity index (χ3v) is 6.73. The number of hydrogen-bond donors (Lipinski definition) is 1. The third kappa shape index (κ3) is 5.83. The Balaban J connectivity index is 2.09. The van der Waals surface area contributed by atoms with Gasteiger partial charge in [-0.3, -0.25) is 4.79 Å². The largest absolute Gasteiger partial charge is 0.463 e. The number of hydrogen-bond acceptors (Lipinski definition) is 3. The fourth-order valence-electron chi connectivity index (χ4n) is 4.56. The molecule has 1 aromatic carbocycles. The Bertz CT molecular complexity index is 613. The molecule has 3 heteroatoms. The number of carbonyl (C=O) groups excluding carboxylic acids is 1. The molecule has 1 aromatic rings. The molecule has 28 heavy (non-hydrogen) atoms. The van der Waals surface area contributed by atoms with Crippen LogP contribution in [0.15, 0.2) is 24.3 Å². The minimum atomic E-state index is -0.597. The van der Waals surface area contributed by atoms with Gasteiger partial charge in [-0.05, 0) is 68.4 Å². The number of esters is 1. The van der Waals surface area contributed by atoms with Gasteiger partial charge in [0, 0.05) is 0 Å². The van der Waals surface area contributed by atoms with E-state index in [0.29, 0.717) is 12.3 Å². The number of carbonyl (C=O) groups is 1. The molecule has 0 saturated heterocycles. The van der Waals surface area contributed by atoms with Gasteiger partial charge in [0.1, 0.15) is 6.61 Å². The van der Waals surface area contributed by atoms with Crippen LogP contribution in [0.4, 0.5) is 0 Å². The summed E-state index contributed by atoms with van der Waals surface area (Å²) in [5, 5.41) is 9.69. The monoisotopic (exact) mass is 388 g/mol. The van der Waals surface area contributed by atoms with Gasteiger partial charge in [0.15, 0.2) is 0 Å². The van der Waals surface area contributed by atoms with Gasteiger partial charge in [-0.25, -0.2) is 0 Å². The lowest BCUT2D eigenvalue weighted by atomic mass is 9.68. The summed E-state index contributed by atoms with van der Waals surface area (Å²) in [6.45, 7) is 10.3. The van der Waals surface area contributed by atoms with Crippen LogP contribution in [0.25, 0.3) is 0 Å². The topological polar surface area (TPSA) is 46.5 Å². The minimum Gasteiger partial charge on any atom is -0.463 e. The van der Waals surface area contributed by atoms with Crippen molar-refractivity contribution in [2.24, 2.45) is 5.41 Å². The zero-order valence-electron chi connectivity index (χ0n) is 18.6. The first-order valence-electron chi connectivity index (χ1n) is 11.2. The maximum atomic E-state index is 12.6. The van der Waals surface area contributed by atoms with E-state index in [-0.39, 0.29) is 18.0 Å². The second-order valence-corrected chi connectivity index (χ2v) is 9.59. The van der Waals surface area contributed by atoms with Gasteiger partial charge in [-0.15, -0.1) is 0 Å². The van der Waals surface area contributed by atoms with Crippen LogP contribution in [0.3, 0.4) is 0 Å². The maximum Gasteiger partial charge on any atom is 0.311 e. The van der Waals surface area contributed by atoms with Crippen molar-refractivity contribution in [2.45, 2.75) is 103 Å². The highest BCUT2D eigenvalue weighted by atomic mass is 16.5. The van der Waals surface area contributed by atoms with Crippen LogP contribution >= 0.6 is 0 Å². The van der Waals surface area contributed by atoms with Crippen molar-refractivity contribution in [3.05, 3.63) is 35.4 Å². The lowest BCUT2D eigenvalue weighted by Gasteiger charge is -2.36. The summed E-state index contributed by atoms with van der Waals surface area (Å²) in [5.74, 6) is 0.491. The number of benzene rings is 1. The van der Waals surface area contributed by atoms with Gasteiger partial charge >= 0.3 is 5.97 Å². The first-order valence-corrected chi connectivity index (χ1v) is 11.2. The predicted octanol–water partition coefficient (Wildman–Crippen LogP) is 6.13. The zero-order chi connectivity index (χ0) is 20.8. The quantitative estimate of drug-likeness (QED) is 0.517. The second-order valence-electron chi connectivity index (χ2n) is 9.59. The van der Waals surface area contributed by atoms with Crippen molar-refractivity contribution >= 4 is 5.97 Å². The number of ether oxygens (including phenoxy) is 1. The molecule has 158 valence electrons. The van der Waals surface area contributed by atoms with Gasteiger partial charge in [0.2, 0.25) is 0 Å². The molecule has 1 N–H and O–H groups in total. The molecule has 0 spiro atoms. The highest BCUT2D eigenvalue weighted by Crippen LogP contribution is 2.41. The van der Waals surface area contributed by atoms with E-state index in [1.807, 2.05) is 20.8 Å². The van der Waals surface area contributed by atoms with Gasteiger partial charge in [0.05, 0.1) is 11.5 Å². The Morgan fingerprint density at radius 1 is 1.11 bits per heavy atom. The summed E-state index contributed by atoms with van der Waals surface area (Å²) >= 11 is 0. The van der Waals surface area contributed by atoms with E-state index in [9.17, 15) is 9.90 Å². The molecule has 1 aliphatic carbocycles. The van der Waals surface area contributed by atoms with E-state index in [0.717, 1.165) is 12.8 Å². The fourth-order valence-corrected chi connectivity index (χ4v) is 4.56. The van der Waals surface area contributed by atoms with Crippen LogP contribution in [-0.2, 0) is 14.9 Å². The Kier molecular flexibility index (Phi) is 8.12. The molecule has 0 aromatic heterocycles. The average molecular weight is 389 g/mol. The SMILES string of the molecule is CCC(O)COC(=O)C(C)(C)CC(C)(CC)c1ccc(C2CCCCC2)cc1. The van der Waals surface area contributed by atoms with Crippen LogP contribution < -0.4 is 0 Å². The van der Waals surface area contributed by atoms with Crippen LogP contribution in [-0.4, -0.2) is 23.8 Å². The summed E-state index contributed by atoms with van der Waals surface area (Å²) in [6.07, 6.45) is 8.40. The smallest absolute Gasteiger partial charge is 0.311 e. The summed E-state index contributed by atoms with van der Waals surface area (Å²) in [5.41, 5.74) is 2.08. The summed E-state index contributed by atoms with van der Waals surface area (Å²) in [4.78, 5) is 12.6. The van der Waals surface area contributed by atoms with Gasteiger partial charge in [-0.2, -0.15) is 0 Å².